The highest BCUT2D eigenvalue weighted by atomic mass is 17.2. The van der Waals surface area contributed by atoms with Crippen molar-refractivity contribution in [1.29, 1.82) is 0 Å². The van der Waals surface area contributed by atoms with E-state index in [1.54, 1.807) is 24.3 Å². The monoisotopic (exact) mass is 274 g/mol. The summed E-state index contributed by atoms with van der Waals surface area (Å²) in [7, 11) is 0. The summed E-state index contributed by atoms with van der Waals surface area (Å²) in [5, 5.41) is 18.0. The van der Waals surface area contributed by atoms with E-state index in [9.17, 15) is 9.59 Å². The number of rotatable bonds is 5. The van der Waals surface area contributed by atoms with Crippen molar-refractivity contribution in [2.24, 2.45) is 0 Å². The van der Waals surface area contributed by atoms with Gasteiger partial charge in [0.1, 0.15) is 11.1 Å². The molecule has 2 rings (SSSR count). The highest BCUT2D eigenvalue weighted by Crippen LogP contribution is 2.22. The first kappa shape index (κ1) is 13.4. The van der Waals surface area contributed by atoms with Crippen molar-refractivity contribution in [3.8, 4) is 11.5 Å². The van der Waals surface area contributed by atoms with Crippen molar-refractivity contribution in [2.75, 3.05) is 0 Å². The fraction of sp³-hybridized carbons (Fsp3) is 0. The van der Waals surface area contributed by atoms with Crippen molar-refractivity contribution >= 4 is 11.9 Å². The third-order valence-electron chi connectivity index (χ3n) is 2.46. The normalized spacial score (nSPS) is 9.80. The average Bonchev–Trinajstić information content (AvgIpc) is 2.45. The molecule has 0 radical (unpaired) electrons. The molecule has 0 unspecified atom stereocenters. The summed E-state index contributed by atoms with van der Waals surface area (Å²) in [6.45, 7) is 0. The van der Waals surface area contributed by atoms with Gasteiger partial charge >= 0.3 is 11.9 Å². The Bertz CT molecular complexity index is 592. The molecule has 0 aliphatic rings. The lowest BCUT2D eigenvalue weighted by Crippen LogP contribution is -2.09. The van der Waals surface area contributed by atoms with Crippen molar-refractivity contribution in [3.05, 3.63) is 59.7 Å². The molecule has 0 atom stereocenters. The molecule has 2 aromatic carbocycles. The lowest BCUT2D eigenvalue weighted by molar-refractivity contribution is -0.101. The third kappa shape index (κ3) is 2.86. The predicted molar refractivity (Wildman–Crippen MR) is 68.1 cm³/mol. The van der Waals surface area contributed by atoms with Gasteiger partial charge in [0.15, 0.2) is 11.5 Å². The maximum absolute atomic E-state index is 11.0. The Morgan fingerprint density at radius 2 is 1.05 bits per heavy atom. The zero-order valence-corrected chi connectivity index (χ0v) is 10.1. The molecule has 0 heterocycles. The third-order valence-corrected chi connectivity index (χ3v) is 2.46. The van der Waals surface area contributed by atoms with E-state index < -0.39 is 11.9 Å². The van der Waals surface area contributed by atoms with Gasteiger partial charge in [0, 0.05) is 0 Å². The number of benzene rings is 2. The second kappa shape index (κ2) is 5.75. The van der Waals surface area contributed by atoms with Crippen LogP contribution in [0.15, 0.2) is 48.5 Å². The van der Waals surface area contributed by atoms with E-state index in [0.717, 1.165) is 0 Å². The molecule has 0 aliphatic heterocycles. The summed E-state index contributed by atoms with van der Waals surface area (Å²) < 4.78 is 0. The van der Waals surface area contributed by atoms with Gasteiger partial charge in [0.2, 0.25) is 0 Å². The van der Waals surface area contributed by atoms with Crippen LogP contribution >= 0.6 is 0 Å². The second-order valence-corrected chi connectivity index (χ2v) is 3.77. The number of aromatic carboxylic acids is 2. The summed E-state index contributed by atoms with van der Waals surface area (Å²) >= 11 is 0. The van der Waals surface area contributed by atoms with Crippen LogP contribution in [-0.2, 0) is 0 Å². The molecule has 0 amide bonds. The van der Waals surface area contributed by atoms with E-state index in [1.807, 2.05) is 0 Å². The van der Waals surface area contributed by atoms with Gasteiger partial charge in [-0.2, -0.15) is 0 Å². The van der Waals surface area contributed by atoms with E-state index in [2.05, 4.69) is 0 Å². The van der Waals surface area contributed by atoms with Crippen molar-refractivity contribution in [1.82, 2.24) is 0 Å². The van der Waals surface area contributed by atoms with Gasteiger partial charge in [0.25, 0.3) is 0 Å². The smallest absolute Gasteiger partial charge is 0.339 e. The number of hydrogen-bond donors (Lipinski definition) is 2. The lowest BCUT2D eigenvalue weighted by atomic mass is 10.2. The Morgan fingerprint density at radius 1 is 0.700 bits per heavy atom. The largest absolute Gasteiger partial charge is 0.478 e. The van der Waals surface area contributed by atoms with Gasteiger partial charge in [-0.1, -0.05) is 24.3 Å². The Morgan fingerprint density at radius 3 is 1.40 bits per heavy atom. The fourth-order valence-corrected chi connectivity index (χ4v) is 1.52. The van der Waals surface area contributed by atoms with E-state index in [1.165, 1.54) is 24.3 Å². The SMILES string of the molecule is O=C(O)c1ccccc1OOc1ccccc1C(=O)O. The molecule has 6 heteroatoms. The number of para-hydroxylation sites is 2. The number of carboxylic acid groups (broad SMARTS) is 2. The average molecular weight is 274 g/mol. The molecule has 102 valence electrons. The van der Waals surface area contributed by atoms with Crippen LogP contribution in [0.25, 0.3) is 0 Å². The molecule has 0 aromatic heterocycles. The van der Waals surface area contributed by atoms with Gasteiger partial charge in [-0.25, -0.2) is 9.59 Å². The predicted octanol–water partition coefficient (Wildman–Crippen LogP) is 2.46. The highest BCUT2D eigenvalue weighted by molar-refractivity contribution is 5.91. The number of carboxylic acids is 2. The van der Waals surface area contributed by atoms with Crippen molar-refractivity contribution in [3.63, 3.8) is 0 Å². The maximum atomic E-state index is 11.0. The van der Waals surface area contributed by atoms with Gasteiger partial charge in [-0.15, -0.1) is 0 Å². The Labute approximate surface area is 113 Å². The van der Waals surface area contributed by atoms with Crippen LogP contribution in [0, 0.1) is 0 Å². The molecule has 0 aliphatic carbocycles. The molecule has 0 spiro atoms. The molecule has 0 saturated heterocycles. The van der Waals surface area contributed by atoms with Crippen molar-refractivity contribution in [2.45, 2.75) is 0 Å². The fourth-order valence-electron chi connectivity index (χ4n) is 1.52. The molecule has 20 heavy (non-hydrogen) atoms. The summed E-state index contributed by atoms with van der Waals surface area (Å²) in [6.07, 6.45) is 0. The zero-order valence-electron chi connectivity index (χ0n) is 10.1. The molecule has 0 saturated carbocycles. The van der Waals surface area contributed by atoms with Gasteiger partial charge < -0.3 is 10.2 Å². The highest BCUT2D eigenvalue weighted by Gasteiger charge is 2.15. The summed E-state index contributed by atoms with van der Waals surface area (Å²) in [4.78, 5) is 31.8. The summed E-state index contributed by atoms with van der Waals surface area (Å²) in [5.74, 6) is -2.37. The van der Waals surface area contributed by atoms with Crippen molar-refractivity contribution < 1.29 is 29.6 Å². The molecule has 0 bridgehead atoms. The van der Waals surface area contributed by atoms with Crippen LogP contribution in [0.3, 0.4) is 0 Å². The van der Waals surface area contributed by atoms with Gasteiger partial charge in [-0.05, 0) is 24.3 Å². The molecule has 2 aromatic rings. The minimum atomic E-state index is -1.17. The minimum absolute atomic E-state index is 0.0137. The maximum Gasteiger partial charge on any atom is 0.339 e. The number of hydrogen-bond acceptors (Lipinski definition) is 4. The van der Waals surface area contributed by atoms with Crippen LogP contribution in [-0.4, -0.2) is 22.2 Å². The summed E-state index contributed by atoms with van der Waals surface area (Å²) in [5.41, 5.74) is -0.166. The Balaban J connectivity index is 2.22. The first-order valence-electron chi connectivity index (χ1n) is 5.59. The molecule has 6 nitrogen and oxygen atoms in total. The molecular formula is C14H10O6. The topological polar surface area (TPSA) is 93.1 Å². The van der Waals surface area contributed by atoms with Crippen LogP contribution in [0.1, 0.15) is 20.7 Å². The van der Waals surface area contributed by atoms with E-state index in [-0.39, 0.29) is 22.6 Å². The van der Waals surface area contributed by atoms with Crippen LogP contribution in [0.5, 0.6) is 11.5 Å². The van der Waals surface area contributed by atoms with Crippen LogP contribution < -0.4 is 9.78 Å². The molecule has 2 N–H and O–H groups in total. The molecule has 0 fully saturated rings. The standard InChI is InChI=1S/C14H10O6/c15-13(16)9-5-1-3-7-11(9)19-20-12-8-4-2-6-10(12)14(17)18/h1-8H,(H,15,16)(H,17,18). The quantitative estimate of drug-likeness (QED) is 0.642. The number of carbonyl (C=O) groups is 2. The van der Waals surface area contributed by atoms with Crippen LogP contribution in [0.4, 0.5) is 0 Å². The lowest BCUT2D eigenvalue weighted by Gasteiger charge is -2.09. The Kier molecular flexibility index (Phi) is 3.85. The Hall–Kier alpha value is -3.02. The summed E-state index contributed by atoms with van der Waals surface area (Å²) in [6, 6.07) is 11.8. The van der Waals surface area contributed by atoms with E-state index in [4.69, 9.17) is 20.0 Å². The first-order chi connectivity index (χ1) is 9.59. The minimum Gasteiger partial charge on any atom is -0.478 e. The molecular weight excluding hydrogens is 264 g/mol. The zero-order chi connectivity index (χ0) is 14.5. The first-order valence-corrected chi connectivity index (χ1v) is 5.59. The van der Waals surface area contributed by atoms with Crippen LogP contribution in [0.2, 0.25) is 0 Å². The van der Waals surface area contributed by atoms with Gasteiger partial charge in [-0.3, -0.25) is 9.78 Å². The van der Waals surface area contributed by atoms with Gasteiger partial charge in [0.05, 0.1) is 0 Å². The second-order valence-electron chi connectivity index (χ2n) is 3.77. The van der Waals surface area contributed by atoms with E-state index in [0.29, 0.717) is 0 Å². The van der Waals surface area contributed by atoms with E-state index >= 15 is 0 Å².